The lowest BCUT2D eigenvalue weighted by atomic mass is 10.3. The lowest BCUT2D eigenvalue weighted by molar-refractivity contribution is -0.424. The van der Waals surface area contributed by atoms with Gasteiger partial charge in [0.1, 0.15) is 0 Å². The van der Waals surface area contributed by atoms with E-state index < -0.39 is 35.1 Å². The highest BCUT2D eigenvalue weighted by atomic mass is 19.4. The number of anilines is 1. The van der Waals surface area contributed by atoms with Gasteiger partial charge in [-0.15, -0.1) is 5.06 Å². The molecule has 22 heavy (non-hydrogen) atoms. The zero-order valence-electron chi connectivity index (χ0n) is 10.7. The molecule has 0 bridgehead atoms. The molecule has 0 atom stereocenters. The van der Waals surface area contributed by atoms with Gasteiger partial charge in [0.15, 0.2) is 0 Å². The third-order valence-electron chi connectivity index (χ3n) is 2.26. The van der Waals surface area contributed by atoms with Crippen molar-refractivity contribution in [3.8, 4) is 0 Å². The van der Waals surface area contributed by atoms with Crippen LogP contribution in [0, 0.1) is 0 Å². The Kier molecular flexibility index (Phi) is 4.90. The molecule has 1 rings (SSSR count). The fraction of sp³-hybridized carbons (Fsp3) is 0.364. The van der Waals surface area contributed by atoms with E-state index >= 15 is 0 Å². The SMILES string of the molecule is COC(=O)N(OC(F)(F)C(F)(F)C(F)(F)F)c1ccccc1. The number of nitrogens with zero attached hydrogens (tertiary/aromatic N) is 1. The highest BCUT2D eigenvalue weighted by molar-refractivity contribution is 5.85. The molecule has 0 N–H and O–H groups in total. The first kappa shape index (κ1) is 18.0. The Labute approximate surface area is 119 Å². The minimum atomic E-state index is -6.59. The molecule has 0 spiro atoms. The van der Waals surface area contributed by atoms with Crippen molar-refractivity contribution in [1.82, 2.24) is 0 Å². The summed E-state index contributed by atoms with van der Waals surface area (Å²) >= 11 is 0. The normalized spacial score (nSPS) is 12.9. The molecular formula is C11H8F7NO3. The van der Waals surface area contributed by atoms with Gasteiger partial charge in [0.25, 0.3) is 0 Å². The molecule has 0 aromatic heterocycles. The minimum absolute atomic E-state index is 0.500. The summed E-state index contributed by atoms with van der Waals surface area (Å²) in [4.78, 5) is 14.6. The number of ether oxygens (including phenoxy) is 1. The monoisotopic (exact) mass is 335 g/mol. The number of amides is 1. The second-order valence-electron chi connectivity index (χ2n) is 3.78. The first-order valence-electron chi connectivity index (χ1n) is 5.38. The quantitative estimate of drug-likeness (QED) is 0.617. The Morgan fingerprint density at radius 1 is 1.00 bits per heavy atom. The number of carbonyl (C=O) groups is 1. The van der Waals surface area contributed by atoms with E-state index in [1.54, 1.807) is 0 Å². The third-order valence-corrected chi connectivity index (χ3v) is 2.26. The van der Waals surface area contributed by atoms with Crippen LogP contribution >= 0.6 is 0 Å². The van der Waals surface area contributed by atoms with Gasteiger partial charge in [-0.2, -0.15) is 35.6 Å². The van der Waals surface area contributed by atoms with Crippen LogP contribution in [0.25, 0.3) is 0 Å². The Bertz CT molecular complexity index is 518. The van der Waals surface area contributed by atoms with Gasteiger partial charge in [-0.1, -0.05) is 18.2 Å². The van der Waals surface area contributed by atoms with Crippen LogP contribution in [0.4, 0.5) is 41.2 Å². The predicted molar refractivity (Wildman–Crippen MR) is 58.4 cm³/mol. The van der Waals surface area contributed by atoms with Crippen molar-refractivity contribution in [2.45, 2.75) is 18.2 Å². The zero-order valence-corrected chi connectivity index (χ0v) is 10.7. The van der Waals surface area contributed by atoms with Crippen LogP contribution in [-0.2, 0) is 9.57 Å². The predicted octanol–water partition coefficient (Wildman–Crippen LogP) is 3.98. The number of rotatable bonds is 4. The van der Waals surface area contributed by atoms with Crippen molar-refractivity contribution >= 4 is 11.8 Å². The summed E-state index contributed by atoms with van der Waals surface area (Å²) in [6, 6.07) is 5.70. The average Bonchev–Trinajstić information content (AvgIpc) is 2.43. The van der Waals surface area contributed by atoms with E-state index in [0.717, 1.165) is 12.1 Å². The van der Waals surface area contributed by atoms with Crippen LogP contribution in [0.2, 0.25) is 0 Å². The van der Waals surface area contributed by atoms with Crippen molar-refractivity contribution in [1.29, 1.82) is 0 Å². The molecule has 0 radical (unpaired) electrons. The molecule has 0 unspecified atom stereocenters. The lowest BCUT2D eigenvalue weighted by Crippen LogP contribution is -2.56. The molecule has 0 heterocycles. The maximum absolute atomic E-state index is 13.2. The van der Waals surface area contributed by atoms with E-state index in [4.69, 9.17) is 0 Å². The van der Waals surface area contributed by atoms with E-state index in [2.05, 4.69) is 9.57 Å². The molecule has 0 aliphatic carbocycles. The molecule has 11 heteroatoms. The van der Waals surface area contributed by atoms with E-state index in [1.165, 1.54) is 18.2 Å². The van der Waals surface area contributed by atoms with Crippen LogP contribution in [0.5, 0.6) is 0 Å². The van der Waals surface area contributed by atoms with Gasteiger partial charge in [0, 0.05) is 0 Å². The van der Waals surface area contributed by atoms with Crippen LogP contribution in [0.15, 0.2) is 30.3 Å². The number of halogens is 7. The number of carbonyl (C=O) groups excluding carboxylic acids is 1. The van der Waals surface area contributed by atoms with Gasteiger partial charge in [0.05, 0.1) is 12.8 Å². The van der Waals surface area contributed by atoms with Crippen LogP contribution < -0.4 is 5.06 Å². The third kappa shape index (κ3) is 3.40. The van der Waals surface area contributed by atoms with E-state index in [-0.39, 0.29) is 0 Å². The van der Waals surface area contributed by atoms with Gasteiger partial charge in [-0.3, -0.25) is 0 Å². The van der Waals surface area contributed by atoms with Gasteiger partial charge in [-0.05, 0) is 12.1 Å². The summed E-state index contributed by atoms with van der Waals surface area (Å²) in [7, 11) is 0.696. The molecule has 0 saturated heterocycles. The Morgan fingerprint density at radius 2 is 1.50 bits per heavy atom. The highest BCUT2D eigenvalue weighted by Crippen LogP contribution is 2.47. The second kappa shape index (κ2) is 5.99. The fourth-order valence-electron chi connectivity index (χ4n) is 1.18. The topological polar surface area (TPSA) is 38.8 Å². The number of hydroxylamine groups is 1. The number of alkyl halides is 7. The van der Waals surface area contributed by atoms with Crippen molar-refractivity contribution in [2.24, 2.45) is 0 Å². The minimum Gasteiger partial charge on any atom is -0.451 e. The summed E-state index contributed by atoms with van der Waals surface area (Å²) in [5, 5.41) is -0.500. The van der Waals surface area contributed by atoms with E-state index in [1.807, 2.05) is 0 Å². The molecule has 0 aliphatic heterocycles. The van der Waals surface area contributed by atoms with E-state index in [0.29, 0.717) is 7.11 Å². The average molecular weight is 335 g/mol. The van der Waals surface area contributed by atoms with Gasteiger partial charge >= 0.3 is 24.3 Å². The summed E-state index contributed by atoms with van der Waals surface area (Å²) in [6.45, 7) is 0. The molecular weight excluding hydrogens is 327 g/mol. The van der Waals surface area contributed by atoms with Crippen LogP contribution in [-0.4, -0.2) is 31.4 Å². The number of para-hydroxylation sites is 1. The molecule has 1 aromatic rings. The largest absolute Gasteiger partial charge is 0.462 e. The molecule has 4 nitrogen and oxygen atoms in total. The smallest absolute Gasteiger partial charge is 0.451 e. The van der Waals surface area contributed by atoms with Gasteiger partial charge in [-0.25, -0.2) is 4.79 Å². The first-order valence-corrected chi connectivity index (χ1v) is 5.38. The number of methoxy groups -OCH3 is 1. The Morgan fingerprint density at radius 3 is 1.91 bits per heavy atom. The lowest BCUT2D eigenvalue weighted by Gasteiger charge is -2.31. The highest BCUT2D eigenvalue weighted by Gasteiger charge is 2.75. The fourth-order valence-corrected chi connectivity index (χ4v) is 1.18. The van der Waals surface area contributed by atoms with Crippen molar-refractivity contribution in [3.63, 3.8) is 0 Å². The zero-order chi connectivity index (χ0) is 17.2. The molecule has 0 aliphatic rings. The number of hydrogen-bond acceptors (Lipinski definition) is 3. The molecule has 124 valence electrons. The molecule has 0 saturated carbocycles. The van der Waals surface area contributed by atoms with Crippen molar-refractivity contribution < 1.29 is 45.1 Å². The van der Waals surface area contributed by atoms with Gasteiger partial charge in [0.2, 0.25) is 0 Å². The van der Waals surface area contributed by atoms with Crippen LogP contribution in [0.1, 0.15) is 0 Å². The maximum atomic E-state index is 13.2. The van der Waals surface area contributed by atoms with E-state index in [9.17, 15) is 35.5 Å². The van der Waals surface area contributed by atoms with Crippen molar-refractivity contribution in [3.05, 3.63) is 30.3 Å². The number of benzene rings is 1. The summed E-state index contributed by atoms with van der Waals surface area (Å²) in [5.41, 5.74) is -0.535. The molecule has 1 amide bonds. The maximum Gasteiger partial charge on any atom is 0.462 e. The van der Waals surface area contributed by atoms with Crippen LogP contribution in [0.3, 0.4) is 0 Å². The first-order chi connectivity index (χ1) is 9.94. The summed E-state index contributed by atoms with van der Waals surface area (Å²) in [6.07, 6.45) is -14.4. The second-order valence-corrected chi connectivity index (χ2v) is 3.78. The standard InChI is InChI=1S/C11H8F7NO3/c1-21-8(20)19(7-5-3-2-4-6-7)22-11(17,18)9(12,13)10(14,15)16/h2-6H,1H3. The molecule has 1 aromatic carbocycles. The summed E-state index contributed by atoms with van der Waals surface area (Å²) < 4.78 is 92.0. The number of hydrogen-bond donors (Lipinski definition) is 0. The summed E-state index contributed by atoms with van der Waals surface area (Å²) in [5.74, 6) is -6.53. The Hall–Kier alpha value is -2.04. The molecule has 0 fully saturated rings. The van der Waals surface area contributed by atoms with Crippen molar-refractivity contribution in [2.75, 3.05) is 12.2 Å². The van der Waals surface area contributed by atoms with Gasteiger partial charge < -0.3 is 4.74 Å². The Balaban J connectivity index is 3.17.